The molecule has 0 aliphatic heterocycles. The van der Waals surface area contributed by atoms with Gasteiger partial charge in [-0.1, -0.05) is 34.1 Å². The third kappa shape index (κ3) is 3.22. The molecule has 2 amide bonds. The average Bonchev–Trinajstić information content (AvgIpc) is 2.83. The Hall–Kier alpha value is -1.33. The normalized spacial score (nSPS) is 16.6. The lowest BCUT2D eigenvalue weighted by Gasteiger charge is -2.23. The summed E-state index contributed by atoms with van der Waals surface area (Å²) in [6.07, 6.45) is 3.53. The summed E-state index contributed by atoms with van der Waals surface area (Å²) >= 11 is 3.55. The molecule has 2 N–H and O–H groups in total. The number of nitrogens with one attached hydrogen (secondary N) is 1. The van der Waals surface area contributed by atoms with E-state index in [9.17, 15) is 4.79 Å². The number of urea groups is 1. The summed E-state index contributed by atoms with van der Waals surface area (Å²) in [6, 6.07) is 5.96. The first-order valence-electron chi connectivity index (χ1n) is 6.72. The van der Waals surface area contributed by atoms with Gasteiger partial charge in [-0.05, 0) is 30.0 Å². The third-order valence-corrected chi connectivity index (χ3v) is 4.26. The molecule has 1 aliphatic carbocycles. The molecule has 0 heterocycles. The number of carbonyl (C=O) groups excluding carboxylic acids is 1. The van der Waals surface area contributed by atoms with Crippen molar-refractivity contribution in [1.29, 1.82) is 0 Å². The Morgan fingerprint density at radius 1 is 1.60 bits per heavy atom. The second kappa shape index (κ2) is 6.90. The Bertz CT molecular complexity index is 505. The van der Waals surface area contributed by atoms with Crippen LogP contribution in [-0.4, -0.2) is 35.7 Å². The third-order valence-electron chi connectivity index (χ3n) is 3.52. The number of carbonyl (C=O) groups is 1. The lowest BCUT2D eigenvalue weighted by Crippen LogP contribution is -2.42. The minimum atomic E-state index is -0.156. The summed E-state index contributed by atoms with van der Waals surface area (Å²) in [5, 5.41) is 12.0. The van der Waals surface area contributed by atoms with Crippen molar-refractivity contribution in [2.45, 2.75) is 18.9 Å². The molecule has 1 aliphatic rings. The molecule has 0 aromatic heterocycles. The van der Waals surface area contributed by atoms with Crippen LogP contribution in [0.4, 0.5) is 4.79 Å². The van der Waals surface area contributed by atoms with Crippen molar-refractivity contribution in [1.82, 2.24) is 10.2 Å². The lowest BCUT2D eigenvalue weighted by atomic mass is 10.1. The molecule has 1 aromatic carbocycles. The summed E-state index contributed by atoms with van der Waals surface area (Å²) in [6.45, 7) is 4.34. The maximum Gasteiger partial charge on any atom is 0.318 e. The maximum absolute atomic E-state index is 12.2. The molecule has 0 bridgehead atoms. The monoisotopic (exact) mass is 338 g/mol. The van der Waals surface area contributed by atoms with E-state index in [1.165, 1.54) is 11.1 Å². The van der Waals surface area contributed by atoms with Crippen LogP contribution >= 0.6 is 15.9 Å². The van der Waals surface area contributed by atoms with Crippen LogP contribution in [0.1, 0.15) is 23.6 Å². The molecule has 0 fully saturated rings. The molecule has 0 spiro atoms. The van der Waals surface area contributed by atoms with Gasteiger partial charge in [0.25, 0.3) is 0 Å². The Kier molecular flexibility index (Phi) is 5.20. The highest BCUT2D eigenvalue weighted by Gasteiger charge is 2.26. The van der Waals surface area contributed by atoms with E-state index in [1.54, 1.807) is 11.0 Å². The van der Waals surface area contributed by atoms with E-state index < -0.39 is 0 Å². The van der Waals surface area contributed by atoms with Crippen molar-refractivity contribution in [2.75, 3.05) is 19.7 Å². The molecule has 2 rings (SSSR count). The largest absolute Gasteiger partial charge is 0.395 e. The second-order valence-electron chi connectivity index (χ2n) is 4.81. The van der Waals surface area contributed by atoms with Gasteiger partial charge in [0.2, 0.25) is 0 Å². The molecule has 1 unspecified atom stereocenters. The average molecular weight is 339 g/mol. The number of nitrogens with zero attached hydrogens (tertiary/aromatic N) is 1. The molecular weight excluding hydrogens is 320 g/mol. The van der Waals surface area contributed by atoms with Crippen LogP contribution in [0.2, 0.25) is 0 Å². The fourth-order valence-corrected chi connectivity index (χ4v) is 3.13. The summed E-state index contributed by atoms with van der Waals surface area (Å²) in [5.74, 6) is 0. The van der Waals surface area contributed by atoms with E-state index in [0.29, 0.717) is 13.1 Å². The quantitative estimate of drug-likeness (QED) is 0.811. The highest BCUT2D eigenvalue weighted by Crippen LogP contribution is 2.35. The Morgan fingerprint density at radius 2 is 2.40 bits per heavy atom. The minimum Gasteiger partial charge on any atom is -0.395 e. The van der Waals surface area contributed by atoms with Gasteiger partial charge in [-0.25, -0.2) is 4.79 Å². The highest BCUT2D eigenvalue weighted by atomic mass is 79.9. The van der Waals surface area contributed by atoms with E-state index in [-0.39, 0.29) is 18.7 Å². The second-order valence-corrected chi connectivity index (χ2v) is 5.66. The van der Waals surface area contributed by atoms with E-state index in [2.05, 4.69) is 33.9 Å². The van der Waals surface area contributed by atoms with Crippen molar-refractivity contribution in [3.05, 3.63) is 46.5 Å². The zero-order chi connectivity index (χ0) is 14.5. The predicted molar refractivity (Wildman–Crippen MR) is 82.6 cm³/mol. The number of benzene rings is 1. The van der Waals surface area contributed by atoms with E-state index >= 15 is 0 Å². The number of aliphatic hydroxyl groups excluding tert-OH is 1. The van der Waals surface area contributed by atoms with Gasteiger partial charge < -0.3 is 15.3 Å². The van der Waals surface area contributed by atoms with Crippen molar-refractivity contribution in [3.63, 3.8) is 0 Å². The first kappa shape index (κ1) is 15.1. The van der Waals surface area contributed by atoms with Gasteiger partial charge in [-0.2, -0.15) is 0 Å². The number of fused-ring (bicyclic) bond motifs is 1. The molecule has 0 saturated heterocycles. The topological polar surface area (TPSA) is 52.6 Å². The molecule has 5 heteroatoms. The van der Waals surface area contributed by atoms with E-state index in [4.69, 9.17) is 5.11 Å². The van der Waals surface area contributed by atoms with Gasteiger partial charge in [-0.3, -0.25) is 0 Å². The zero-order valence-corrected chi connectivity index (χ0v) is 12.9. The van der Waals surface area contributed by atoms with Crippen LogP contribution in [0.5, 0.6) is 0 Å². The molecule has 0 saturated carbocycles. The van der Waals surface area contributed by atoms with Crippen LogP contribution in [0.3, 0.4) is 0 Å². The molecular formula is C15H19BrN2O2. The summed E-state index contributed by atoms with van der Waals surface area (Å²) in [5.41, 5.74) is 2.45. The van der Waals surface area contributed by atoms with E-state index in [0.717, 1.165) is 17.3 Å². The number of hydrogen-bond donors (Lipinski definition) is 2. The molecule has 1 aromatic rings. The number of amides is 2. The van der Waals surface area contributed by atoms with Crippen molar-refractivity contribution < 1.29 is 9.90 Å². The molecule has 0 radical (unpaired) electrons. The van der Waals surface area contributed by atoms with Gasteiger partial charge in [0.1, 0.15) is 0 Å². The van der Waals surface area contributed by atoms with Crippen molar-refractivity contribution in [2.24, 2.45) is 0 Å². The van der Waals surface area contributed by atoms with Crippen LogP contribution < -0.4 is 5.32 Å². The molecule has 1 atom stereocenters. The Morgan fingerprint density at radius 3 is 3.10 bits per heavy atom. The maximum atomic E-state index is 12.2. The van der Waals surface area contributed by atoms with Gasteiger partial charge in [0.05, 0.1) is 12.6 Å². The number of aliphatic hydroxyl groups is 1. The van der Waals surface area contributed by atoms with Gasteiger partial charge in [0, 0.05) is 17.6 Å². The fraction of sp³-hybridized carbons (Fsp3) is 0.400. The smallest absolute Gasteiger partial charge is 0.318 e. The molecule has 4 nitrogen and oxygen atoms in total. The number of halogens is 1. The van der Waals surface area contributed by atoms with Gasteiger partial charge in [0.15, 0.2) is 0 Å². The first-order chi connectivity index (χ1) is 9.67. The van der Waals surface area contributed by atoms with Crippen LogP contribution in [-0.2, 0) is 6.42 Å². The summed E-state index contributed by atoms with van der Waals surface area (Å²) < 4.78 is 1.10. The van der Waals surface area contributed by atoms with Crippen molar-refractivity contribution in [3.8, 4) is 0 Å². The van der Waals surface area contributed by atoms with Crippen LogP contribution in [0.25, 0.3) is 0 Å². The Balaban J connectivity index is 2.06. The van der Waals surface area contributed by atoms with Gasteiger partial charge >= 0.3 is 6.03 Å². The summed E-state index contributed by atoms with van der Waals surface area (Å²) in [4.78, 5) is 13.8. The predicted octanol–water partition coefficient (Wildman–Crippen LogP) is 2.63. The Labute approximate surface area is 127 Å². The van der Waals surface area contributed by atoms with Gasteiger partial charge in [-0.15, -0.1) is 6.58 Å². The van der Waals surface area contributed by atoms with E-state index in [1.807, 2.05) is 12.1 Å². The fourth-order valence-electron chi connectivity index (χ4n) is 2.55. The van der Waals surface area contributed by atoms with Crippen molar-refractivity contribution >= 4 is 22.0 Å². The van der Waals surface area contributed by atoms with Crippen LogP contribution in [0, 0.1) is 0 Å². The number of hydrogen-bond acceptors (Lipinski definition) is 2. The first-order valence-corrected chi connectivity index (χ1v) is 7.51. The minimum absolute atomic E-state index is 0.0426. The standard InChI is InChI=1S/C15H19BrN2O2/c1-2-8-18(9-10-19)15(20)17-14-7-6-11-12(14)4-3-5-13(11)16/h2-5,14,19H,1,6-10H2,(H,17,20). The highest BCUT2D eigenvalue weighted by molar-refractivity contribution is 9.10. The summed E-state index contributed by atoms with van der Waals surface area (Å²) in [7, 11) is 0. The SMILES string of the molecule is C=CCN(CCO)C(=O)NC1CCc2c(Br)cccc21. The zero-order valence-electron chi connectivity index (χ0n) is 11.3. The molecule has 20 heavy (non-hydrogen) atoms. The number of rotatable bonds is 5. The molecule has 108 valence electrons. The lowest BCUT2D eigenvalue weighted by molar-refractivity contribution is 0.180. The van der Waals surface area contributed by atoms with Crippen LogP contribution in [0.15, 0.2) is 35.3 Å².